The lowest BCUT2D eigenvalue weighted by molar-refractivity contribution is -0.166. The third-order valence-corrected chi connectivity index (χ3v) is 15.6. The van der Waals surface area contributed by atoms with Gasteiger partial charge in [0.2, 0.25) is 0 Å². The number of esters is 3. The van der Waals surface area contributed by atoms with Gasteiger partial charge in [0.1, 0.15) is 13.2 Å². The minimum Gasteiger partial charge on any atom is -0.462 e. The zero-order chi connectivity index (χ0) is 56.4. The van der Waals surface area contributed by atoms with Crippen LogP contribution in [-0.4, -0.2) is 37.2 Å². The van der Waals surface area contributed by atoms with Gasteiger partial charge in [-0.1, -0.05) is 358 Å². The number of allylic oxidation sites excluding steroid dienone is 8. The first-order valence-corrected chi connectivity index (χ1v) is 34.6. The number of carbonyl (C=O) groups excluding carboxylic acids is 3. The molecule has 0 bridgehead atoms. The largest absolute Gasteiger partial charge is 0.462 e. The van der Waals surface area contributed by atoms with Crippen molar-refractivity contribution in [2.24, 2.45) is 0 Å². The lowest BCUT2D eigenvalue weighted by atomic mass is 10.0. The molecule has 0 spiro atoms. The van der Waals surface area contributed by atoms with Crippen molar-refractivity contribution in [3.8, 4) is 0 Å². The van der Waals surface area contributed by atoms with Gasteiger partial charge in [0.15, 0.2) is 6.10 Å². The maximum atomic E-state index is 12.9. The molecule has 0 N–H and O–H groups in total. The monoisotopic (exact) mass is 1090 g/mol. The van der Waals surface area contributed by atoms with E-state index in [4.69, 9.17) is 14.2 Å². The van der Waals surface area contributed by atoms with Gasteiger partial charge in [-0.15, -0.1) is 0 Å². The van der Waals surface area contributed by atoms with Crippen LogP contribution in [0.2, 0.25) is 0 Å². The molecule has 0 amide bonds. The fourth-order valence-corrected chi connectivity index (χ4v) is 10.5. The number of unbranched alkanes of at least 4 members (excludes halogenated alkanes) is 45. The first-order chi connectivity index (χ1) is 38.5. The van der Waals surface area contributed by atoms with Gasteiger partial charge in [-0.3, -0.25) is 14.4 Å². The fraction of sp³-hybridized carbons (Fsp3) is 0.847. The normalized spacial score (nSPS) is 12.3. The topological polar surface area (TPSA) is 78.9 Å². The smallest absolute Gasteiger partial charge is 0.306 e. The summed E-state index contributed by atoms with van der Waals surface area (Å²) in [6.07, 6.45) is 84.7. The van der Waals surface area contributed by atoms with Gasteiger partial charge in [-0.25, -0.2) is 0 Å². The lowest BCUT2D eigenvalue weighted by Gasteiger charge is -2.18. The Balaban J connectivity index is 4.11. The van der Waals surface area contributed by atoms with Gasteiger partial charge < -0.3 is 14.2 Å². The second kappa shape index (κ2) is 66.9. The van der Waals surface area contributed by atoms with Crippen molar-refractivity contribution in [1.82, 2.24) is 0 Å². The van der Waals surface area contributed by atoms with Crippen molar-refractivity contribution >= 4 is 17.9 Å². The zero-order valence-electron chi connectivity index (χ0n) is 52.5. The van der Waals surface area contributed by atoms with Crippen LogP contribution in [0.4, 0.5) is 0 Å². The molecule has 0 aliphatic carbocycles. The van der Waals surface area contributed by atoms with Gasteiger partial charge in [0.25, 0.3) is 0 Å². The van der Waals surface area contributed by atoms with Crippen LogP contribution in [0.3, 0.4) is 0 Å². The van der Waals surface area contributed by atoms with Crippen LogP contribution >= 0.6 is 0 Å². The Morgan fingerprint density at radius 1 is 0.269 bits per heavy atom. The highest BCUT2D eigenvalue weighted by atomic mass is 16.6. The van der Waals surface area contributed by atoms with Gasteiger partial charge in [0.05, 0.1) is 0 Å². The molecule has 0 fully saturated rings. The van der Waals surface area contributed by atoms with E-state index in [2.05, 4.69) is 63.3 Å². The third kappa shape index (κ3) is 64.2. The summed E-state index contributed by atoms with van der Waals surface area (Å²) >= 11 is 0. The van der Waals surface area contributed by atoms with E-state index in [0.717, 1.165) is 64.2 Å². The standard InChI is InChI=1S/C72H132O6/c1-4-7-10-13-16-19-22-25-27-28-29-30-31-32-33-34-35-36-37-38-39-40-41-42-43-45-47-50-53-56-59-62-65-71(74)77-68-69(67-76-70(73)64-61-58-55-52-49-46-24-21-18-15-12-9-6-3)78-72(75)66-63-60-57-54-51-48-44-26-23-20-17-14-11-8-5-2/h9,12,18,21,46,49,55,58,69H,4-8,10-11,13-17,19-20,22-45,47-48,50-54,56-57,59-68H2,1-3H3/b12-9-,21-18-,49-46-,58-55-. The maximum absolute atomic E-state index is 12.9. The van der Waals surface area contributed by atoms with Crippen molar-refractivity contribution in [1.29, 1.82) is 0 Å². The minimum absolute atomic E-state index is 0.0901. The quantitative estimate of drug-likeness (QED) is 0.0261. The van der Waals surface area contributed by atoms with Gasteiger partial charge >= 0.3 is 17.9 Å². The van der Waals surface area contributed by atoms with Crippen molar-refractivity contribution in [2.75, 3.05) is 13.2 Å². The Morgan fingerprint density at radius 2 is 0.500 bits per heavy atom. The van der Waals surface area contributed by atoms with Crippen LogP contribution in [0.5, 0.6) is 0 Å². The molecule has 1 unspecified atom stereocenters. The van der Waals surface area contributed by atoms with Crippen LogP contribution in [0, 0.1) is 0 Å². The Bertz CT molecular complexity index is 1350. The van der Waals surface area contributed by atoms with Crippen LogP contribution in [0.15, 0.2) is 48.6 Å². The molecule has 0 aliphatic rings. The van der Waals surface area contributed by atoms with Crippen molar-refractivity contribution < 1.29 is 28.6 Å². The number of rotatable bonds is 64. The molecule has 6 nitrogen and oxygen atoms in total. The van der Waals surface area contributed by atoms with E-state index >= 15 is 0 Å². The van der Waals surface area contributed by atoms with E-state index in [1.165, 1.54) is 263 Å². The highest BCUT2D eigenvalue weighted by Crippen LogP contribution is 2.19. The summed E-state index contributed by atoms with van der Waals surface area (Å²) in [5.41, 5.74) is 0. The molecule has 1 atom stereocenters. The SMILES string of the molecule is CC/C=C\C/C=C\C/C=C\C/C=C\CCC(=O)OCC(COC(=O)CCCCCCCCCCCCCCCCCCCCCCCCCCCCCCCCCC)OC(=O)CCCCCCCCCCCCCCCCC. The fourth-order valence-electron chi connectivity index (χ4n) is 10.5. The number of carbonyl (C=O) groups is 3. The van der Waals surface area contributed by atoms with Crippen LogP contribution in [-0.2, 0) is 28.6 Å². The van der Waals surface area contributed by atoms with Crippen molar-refractivity contribution in [2.45, 2.75) is 380 Å². The summed E-state index contributed by atoms with van der Waals surface area (Å²) in [5.74, 6) is -0.953. The lowest BCUT2D eigenvalue weighted by Crippen LogP contribution is -2.30. The molecular weight excluding hydrogens is 961 g/mol. The summed E-state index contributed by atoms with van der Waals surface area (Å²) in [4.78, 5) is 38.2. The number of ether oxygens (including phenoxy) is 3. The molecule has 0 aliphatic heterocycles. The number of hydrogen-bond donors (Lipinski definition) is 0. The van der Waals surface area contributed by atoms with E-state index in [1.54, 1.807) is 0 Å². The van der Waals surface area contributed by atoms with Crippen LogP contribution in [0.1, 0.15) is 374 Å². The van der Waals surface area contributed by atoms with Gasteiger partial charge in [-0.2, -0.15) is 0 Å². The average Bonchev–Trinajstić information content (AvgIpc) is 3.44. The summed E-state index contributed by atoms with van der Waals surface area (Å²) in [7, 11) is 0. The molecule has 78 heavy (non-hydrogen) atoms. The molecule has 456 valence electrons. The predicted molar refractivity (Wildman–Crippen MR) is 339 cm³/mol. The molecule has 0 aromatic heterocycles. The average molecular weight is 1090 g/mol. The second-order valence-corrected chi connectivity index (χ2v) is 23.4. The first-order valence-electron chi connectivity index (χ1n) is 34.6. The van der Waals surface area contributed by atoms with E-state index in [9.17, 15) is 14.4 Å². The Labute approximate surface area is 486 Å². The maximum Gasteiger partial charge on any atom is 0.306 e. The Hall–Kier alpha value is -2.63. The first kappa shape index (κ1) is 75.4. The summed E-state index contributed by atoms with van der Waals surface area (Å²) in [6.45, 7) is 6.52. The van der Waals surface area contributed by atoms with Gasteiger partial charge in [0, 0.05) is 19.3 Å². The minimum atomic E-state index is -0.799. The summed E-state index contributed by atoms with van der Waals surface area (Å²) in [6, 6.07) is 0. The Kier molecular flexibility index (Phi) is 64.6. The number of hydrogen-bond acceptors (Lipinski definition) is 6. The molecule has 0 aromatic rings. The van der Waals surface area contributed by atoms with Crippen LogP contribution < -0.4 is 0 Å². The van der Waals surface area contributed by atoms with Gasteiger partial charge in [-0.05, 0) is 44.9 Å². The summed E-state index contributed by atoms with van der Waals surface area (Å²) < 4.78 is 16.9. The third-order valence-electron chi connectivity index (χ3n) is 15.6. The molecule has 0 rings (SSSR count). The van der Waals surface area contributed by atoms with Crippen LogP contribution in [0.25, 0.3) is 0 Å². The second-order valence-electron chi connectivity index (χ2n) is 23.4. The van der Waals surface area contributed by atoms with E-state index in [0.29, 0.717) is 19.3 Å². The molecule has 0 aromatic carbocycles. The molecule has 6 heteroatoms. The highest BCUT2D eigenvalue weighted by molar-refractivity contribution is 5.71. The molecule has 0 saturated heterocycles. The van der Waals surface area contributed by atoms with E-state index in [1.807, 2.05) is 6.08 Å². The highest BCUT2D eigenvalue weighted by Gasteiger charge is 2.19. The summed E-state index contributed by atoms with van der Waals surface area (Å²) in [5, 5.41) is 0. The van der Waals surface area contributed by atoms with E-state index in [-0.39, 0.29) is 37.5 Å². The van der Waals surface area contributed by atoms with Crippen molar-refractivity contribution in [3.05, 3.63) is 48.6 Å². The predicted octanol–water partition coefficient (Wildman–Crippen LogP) is 23.7. The molecular formula is C72H132O6. The molecule has 0 saturated carbocycles. The van der Waals surface area contributed by atoms with E-state index < -0.39 is 6.10 Å². The van der Waals surface area contributed by atoms with Crippen molar-refractivity contribution in [3.63, 3.8) is 0 Å². The Morgan fingerprint density at radius 3 is 0.782 bits per heavy atom. The zero-order valence-corrected chi connectivity index (χ0v) is 52.5. The molecule has 0 radical (unpaired) electrons. The molecule has 0 heterocycles.